The van der Waals surface area contributed by atoms with Gasteiger partial charge in [-0.15, -0.1) is 0 Å². The molecule has 4 heteroatoms. The highest BCUT2D eigenvalue weighted by Crippen LogP contribution is 2.20. The summed E-state index contributed by atoms with van der Waals surface area (Å²) in [7, 11) is 0. The second-order valence-electron chi connectivity index (χ2n) is 4.76. The molecule has 19 heavy (non-hydrogen) atoms. The molecule has 0 aliphatic heterocycles. The molecule has 2 rings (SSSR count). The second-order valence-corrected chi connectivity index (χ2v) is 4.76. The van der Waals surface area contributed by atoms with Crippen LogP contribution in [0.5, 0.6) is 0 Å². The van der Waals surface area contributed by atoms with Crippen LogP contribution < -0.4 is 5.32 Å². The Morgan fingerprint density at radius 3 is 2.95 bits per heavy atom. The summed E-state index contributed by atoms with van der Waals surface area (Å²) in [5, 5.41) is 13.0. The maximum absolute atomic E-state index is 9.62. The lowest BCUT2D eigenvalue weighted by Crippen LogP contribution is -2.18. The molecule has 0 fully saturated rings. The molecule has 0 radical (unpaired) electrons. The number of aliphatic hydroxyl groups excluding tert-OH is 1. The van der Waals surface area contributed by atoms with Crippen molar-refractivity contribution in [3.8, 4) is 0 Å². The summed E-state index contributed by atoms with van der Waals surface area (Å²) in [4.78, 5) is 4.18. The first-order valence-corrected chi connectivity index (χ1v) is 6.68. The Morgan fingerprint density at radius 1 is 1.42 bits per heavy atom. The number of rotatable bonds is 6. The third-order valence-electron chi connectivity index (χ3n) is 3.11. The smallest absolute Gasteiger partial charge is 0.0948 e. The predicted octanol–water partition coefficient (Wildman–Crippen LogP) is 2.75. The maximum Gasteiger partial charge on any atom is 0.0948 e. The summed E-state index contributed by atoms with van der Waals surface area (Å²) in [6, 6.07) is 8.02. The number of nitrogens with zero attached hydrogens (tertiary/aromatic N) is 2. The number of aryl methyl sites for hydroxylation is 2. The fraction of sp³-hybridized carbons (Fsp3) is 0.400. The van der Waals surface area contributed by atoms with Gasteiger partial charge in [0, 0.05) is 12.2 Å². The van der Waals surface area contributed by atoms with Gasteiger partial charge in [0.05, 0.1) is 30.9 Å². The van der Waals surface area contributed by atoms with Crippen LogP contribution in [0, 0.1) is 6.92 Å². The first-order valence-electron chi connectivity index (χ1n) is 6.68. The van der Waals surface area contributed by atoms with Gasteiger partial charge in [0.1, 0.15) is 0 Å². The molecule has 0 aliphatic rings. The highest BCUT2D eigenvalue weighted by Gasteiger charge is 2.14. The minimum atomic E-state index is -0.129. The predicted molar refractivity (Wildman–Crippen MR) is 77.1 cm³/mol. The molecule has 0 saturated heterocycles. The largest absolute Gasteiger partial charge is 0.394 e. The van der Waals surface area contributed by atoms with Gasteiger partial charge in [-0.1, -0.05) is 19.1 Å². The lowest BCUT2D eigenvalue weighted by molar-refractivity contribution is 0.271. The van der Waals surface area contributed by atoms with E-state index in [0.29, 0.717) is 0 Å². The average Bonchev–Trinajstić information content (AvgIpc) is 2.85. The number of aromatic nitrogens is 2. The zero-order valence-corrected chi connectivity index (χ0v) is 11.5. The molecule has 4 nitrogen and oxygen atoms in total. The van der Waals surface area contributed by atoms with E-state index in [1.165, 1.54) is 5.56 Å². The molecule has 0 amide bonds. The fourth-order valence-electron chi connectivity index (χ4n) is 2.20. The number of hydrogen-bond donors (Lipinski definition) is 2. The van der Waals surface area contributed by atoms with Crippen LogP contribution in [0.3, 0.4) is 0 Å². The highest BCUT2D eigenvalue weighted by atomic mass is 16.3. The number of aliphatic hydroxyl groups is 1. The van der Waals surface area contributed by atoms with Gasteiger partial charge in [0.25, 0.3) is 0 Å². The maximum atomic E-state index is 9.62. The molecule has 2 aromatic rings. The van der Waals surface area contributed by atoms with Gasteiger partial charge in [-0.05, 0) is 31.0 Å². The van der Waals surface area contributed by atoms with Gasteiger partial charge in [-0.3, -0.25) is 0 Å². The molecule has 2 N–H and O–H groups in total. The van der Waals surface area contributed by atoms with Crippen LogP contribution in [0.2, 0.25) is 0 Å². The van der Waals surface area contributed by atoms with Crippen LogP contribution in [0.4, 0.5) is 5.69 Å². The van der Waals surface area contributed by atoms with E-state index in [9.17, 15) is 5.11 Å². The van der Waals surface area contributed by atoms with Gasteiger partial charge < -0.3 is 15.0 Å². The van der Waals surface area contributed by atoms with Crippen molar-refractivity contribution in [1.82, 2.24) is 9.55 Å². The molecule has 1 atom stereocenters. The van der Waals surface area contributed by atoms with Crippen LogP contribution in [0.25, 0.3) is 0 Å². The van der Waals surface area contributed by atoms with Gasteiger partial charge >= 0.3 is 0 Å². The Labute approximate surface area is 114 Å². The zero-order chi connectivity index (χ0) is 13.7. The van der Waals surface area contributed by atoms with E-state index >= 15 is 0 Å². The average molecular weight is 259 g/mol. The molecule has 1 aromatic heterocycles. The summed E-state index contributed by atoms with van der Waals surface area (Å²) in [5.41, 5.74) is 3.23. The molecule has 1 unspecified atom stereocenters. The summed E-state index contributed by atoms with van der Waals surface area (Å²) >= 11 is 0. The van der Waals surface area contributed by atoms with Crippen molar-refractivity contribution in [2.75, 3.05) is 11.9 Å². The van der Waals surface area contributed by atoms with Crippen LogP contribution in [0.1, 0.15) is 30.6 Å². The zero-order valence-electron chi connectivity index (χ0n) is 11.5. The molecule has 1 heterocycles. The minimum absolute atomic E-state index is 0.0450. The number of nitrogens with one attached hydrogen (secondary N) is 1. The first kappa shape index (κ1) is 13.6. The fourth-order valence-corrected chi connectivity index (χ4v) is 2.20. The molecule has 1 aromatic carbocycles. The first-order chi connectivity index (χ1) is 9.24. The van der Waals surface area contributed by atoms with E-state index in [1.807, 2.05) is 24.7 Å². The Morgan fingerprint density at radius 2 is 2.26 bits per heavy atom. The quantitative estimate of drug-likeness (QED) is 0.838. The van der Waals surface area contributed by atoms with Crippen LogP contribution in [-0.4, -0.2) is 21.3 Å². The van der Waals surface area contributed by atoms with E-state index in [4.69, 9.17) is 0 Å². The summed E-state index contributed by atoms with van der Waals surface area (Å²) in [6.07, 6.45) is 4.69. The van der Waals surface area contributed by atoms with Crippen molar-refractivity contribution in [1.29, 1.82) is 0 Å². The molecule has 102 valence electrons. The van der Waals surface area contributed by atoms with Crippen molar-refractivity contribution < 1.29 is 5.11 Å². The monoisotopic (exact) mass is 259 g/mol. The Hall–Kier alpha value is -1.81. The third-order valence-corrected chi connectivity index (χ3v) is 3.11. The van der Waals surface area contributed by atoms with Gasteiger partial charge in [-0.2, -0.15) is 0 Å². The summed E-state index contributed by atoms with van der Waals surface area (Å²) < 4.78 is 2.09. The van der Waals surface area contributed by atoms with Crippen molar-refractivity contribution in [2.45, 2.75) is 32.9 Å². The lowest BCUT2D eigenvalue weighted by Gasteiger charge is -2.19. The van der Waals surface area contributed by atoms with Crippen molar-refractivity contribution in [3.63, 3.8) is 0 Å². The highest BCUT2D eigenvalue weighted by molar-refractivity contribution is 5.47. The second kappa shape index (κ2) is 6.38. The van der Waals surface area contributed by atoms with E-state index in [-0.39, 0.29) is 12.6 Å². The molecular formula is C15H21N3O. The molecule has 0 aliphatic carbocycles. The topological polar surface area (TPSA) is 50.1 Å². The number of benzene rings is 1. The number of hydrogen-bond acceptors (Lipinski definition) is 3. The van der Waals surface area contributed by atoms with Crippen molar-refractivity contribution in [3.05, 3.63) is 48.0 Å². The SMILES string of the molecule is CCCn1cncc1C(CO)Nc1cccc(C)c1. The molecule has 0 spiro atoms. The third kappa shape index (κ3) is 3.35. The summed E-state index contributed by atoms with van der Waals surface area (Å²) in [5.74, 6) is 0. The van der Waals surface area contributed by atoms with Crippen molar-refractivity contribution >= 4 is 5.69 Å². The van der Waals surface area contributed by atoms with E-state index in [0.717, 1.165) is 24.3 Å². The Kier molecular flexibility index (Phi) is 4.58. The van der Waals surface area contributed by atoms with Crippen LogP contribution in [-0.2, 0) is 6.54 Å². The van der Waals surface area contributed by atoms with E-state index < -0.39 is 0 Å². The lowest BCUT2D eigenvalue weighted by atomic mass is 10.1. The van der Waals surface area contributed by atoms with Gasteiger partial charge in [0.15, 0.2) is 0 Å². The van der Waals surface area contributed by atoms with Crippen molar-refractivity contribution in [2.24, 2.45) is 0 Å². The summed E-state index contributed by atoms with van der Waals surface area (Å²) in [6.45, 7) is 5.15. The standard InChI is InChI=1S/C15H21N3O/c1-3-7-18-11-16-9-15(18)14(10-19)17-13-6-4-5-12(2)8-13/h4-6,8-9,11,14,17,19H,3,7,10H2,1-2H3. The minimum Gasteiger partial charge on any atom is -0.394 e. The molecule has 0 bridgehead atoms. The van der Waals surface area contributed by atoms with E-state index in [1.54, 1.807) is 0 Å². The van der Waals surface area contributed by atoms with E-state index in [2.05, 4.69) is 40.8 Å². The van der Waals surface area contributed by atoms with Crippen LogP contribution in [0.15, 0.2) is 36.8 Å². The van der Waals surface area contributed by atoms with Gasteiger partial charge in [0.2, 0.25) is 0 Å². The molecule has 0 saturated carbocycles. The number of anilines is 1. The number of imidazole rings is 1. The van der Waals surface area contributed by atoms with Gasteiger partial charge in [-0.25, -0.2) is 4.98 Å². The Balaban J connectivity index is 2.18. The molecular weight excluding hydrogens is 238 g/mol. The normalized spacial score (nSPS) is 12.4. The Bertz CT molecular complexity index is 522. The van der Waals surface area contributed by atoms with Crippen LogP contribution >= 0.6 is 0 Å².